The summed E-state index contributed by atoms with van der Waals surface area (Å²) in [5.74, 6) is -0.0624. The normalized spacial score (nSPS) is 24.1. The molecule has 0 aromatic heterocycles. The fourth-order valence-corrected chi connectivity index (χ4v) is 5.05. The lowest BCUT2D eigenvalue weighted by Gasteiger charge is -2.46. The van der Waals surface area contributed by atoms with E-state index >= 15 is 0 Å². The smallest absolute Gasteiger partial charge is 0.254 e. The average molecular weight is 360 g/mol. The molecule has 0 N–H and O–H groups in total. The number of benzene rings is 2. The molecule has 2 atom stereocenters. The van der Waals surface area contributed by atoms with E-state index in [0.717, 1.165) is 43.5 Å². The summed E-state index contributed by atoms with van der Waals surface area (Å²) in [7, 11) is 0. The van der Waals surface area contributed by atoms with Crippen molar-refractivity contribution in [2.45, 2.75) is 37.6 Å². The standard InChI is InChI=1S/C23H24N2O2/c26-22-19-11-5-4-10-18(19)20(23(27)24-13-6-1-7-14-24)21-17-9-3-2-8-16(17)12-15-25(21)22/h2-5,8-11,20-21H,1,6-7,12-15H2. The van der Waals surface area contributed by atoms with E-state index in [2.05, 4.69) is 18.2 Å². The van der Waals surface area contributed by atoms with Crippen LogP contribution >= 0.6 is 0 Å². The average Bonchev–Trinajstić information content (AvgIpc) is 2.74. The third kappa shape index (κ3) is 2.58. The van der Waals surface area contributed by atoms with E-state index < -0.39 is 0 Å². The Kier molecular flexibility index (Phi) is 4.00. The first-order chi connectivity index (χ1) is 13.3. The zero-order chi connectivity index (χ0) is 18.4. The molecule has 3 aliphatic rings. The van der Waals surface area contributed by atoms with Crippen molar-refractivity contribution in [3.63, 3.8) is 0 Å². The van der Waals surface area contributed by atoms with Crippen molar-refractivity contribution in [1.82, 2.24) is 9.80 Å². The predicted octanol–water partition coefficient (Wildman–Crippen LogP) is 3.54. The number of carbonyl (C=O) groups excluding carboxylic acids is 2. The molecule has 2 amide bonds. The van der Waals surface area contributed by atoms with Crippen LogP contribution in [-0.4, -0.2) is 41.2 Å². The second-order valence-corrected chi connectivity index (χ2v) is 7.84. The third-order valence-electron chi connectivity index (χ3n) is 6.37. The number of rotatable bonds is 1. The van der Waals surface area contributed by atoms with Crippen LogP contribution in [-0.2, 0) is 11.2 Å². The molecule has 0 aliphatic carbocycles. The van der Waals surface area contributed by atoms with Crippen LogP contribution < -0.4 is 0 Å². The molecule has 4 nitrogen and oxygen atoms in total. The van der Waals surface area contributed by atoms with E-state index in [1.807, 2.05) is 40.1 Å². The van der Waals surface area contributed by atoms with Crippen LogP contribution in [0, 0.1) is 0 Å². The third-order valence-corrected chi connectivity index (χ3v) is 6.37. The molecule has 1 saturated heterocycles. The molecule has 0 saturated carbocycles. The van der Waals surface area contributed by atoms with E-state index in [9.17, 15) is 9.59 Å². The first kappa shape index (κ1) is 16.5. The Labute approximate surface area is 159 Å². The highest BCUT2D eigenvalue weighted by Gasteiger charge is 2.47. The van der Waals surface area contributed by atoms with Crippen LogP contribution in [0.5, 0.6) is 0 Å². The van der Waals surface area contributed by atoms with Gasteiger partial charge in [0.05, 0.1) is 12.0 Å². The van der Waals surface area contributed by atoms with Crippen LogP contribution in [0.3, 0.4) is 0 Å². The molecule has 0 spiro atoms. The van der Waals surface area contributed by atoms with Crippen molar-refractivity contribution in [1.29, 1.82) is 0 Å². The SMILES string of the molecule is O=C(C1c2ccccc2C(=O)N2CCc3ccccc3C12)N1CCCCC1. The molecular weight excluding hydrogens is 336 g/mol. The van der Waals surface area contributed by atoms with Gasteiger partial charge < -0.3 is 9.80 Å². The monoisotopic (exact) mass is 360 g/mol. The number of carbonyl (C=O) groups is 2. The topological polar surface area (TPSA) is 40.6 Å². The fourth-order valence-electron chi connectivity index (χ4n) is 5.05. The summed E-state index contributed by atoms with van der Waals surface area (Å²) in [5.41, 5.74) is 4.00. The van der Waals surface area contributed by atoms with Gasteiger partial charge in [-0.2, -0.15) is 0 Å². The lowest BCUT2D eigenvalue weighted by atomic mass is 9.75. The highest BCUT2D eigenvalue weighted by Crippen LogP contribution is 2.46. The number of likely N-dealkylation sites (tertiary alicyclic amines) is 1. The summed E-state index contributed by atoms with van der Waals surface area (Å²) >= 11 is 0. The van der Waals surface area contributed by atoms with Crippen LogP contribution in [0.1, 0.15) is 58.3 Å². The van der Waals surface area contributed by atoms with Gasteiger partial charge in [-0.15, -0.1) is 0 Å². The molecular formula is C23H24N2O2. The Balaban J connectivity index is 1.66. The molecule has 138 valence electrons. The molecule has 5 rings (SSSR count). The molecule has 3 aliphatic heterocycles. The van der Waals surface area contributed by atoms with Crippen molar-refractivity contribution in [3.8, 4) is 0 Å². The molecule has 0 bridgehead atoms. The van der Waals surface area contributed by atoms with Gasteiger partial charge in [0.2, 0.25) is 5.91 Å². The van der Waals surface area contributed by atoms with Gasteiger partial charge in [0.15, 0.2) is 0 Å². The zero-order valence-electron chi connectivity index (χ0n) is 15.4. The number of piperidine rings is 1. The molecule has 4 heteroatoms. The Morgan fingerprint density at radius 3 is 2.37 bits per heavy atom. The van der Waals surface area contributed by atoms with Crippen molar-refractivity contribution in [3.05, 3.63) is 70.8 Å². The zero-order valence-corrected chi connectivity index (χ0v) is 15.4. The van der Waals surface area contributed by atoms with Crippen LogP contribution in [0.15, 0.2) is 48.5 Å². The molecule has 2 aromatic rings. The predicted molar refractivity (Wildman–Crippen MR) is 104 cm³/mol. The summed E-state index contributed by atoms with van der Waals surface area (Å²) in [4.78, 5) is 30.8. The molecule has 3 heterocycles. The van der Waals surface area contributed by atoms with Crippen molar-refractivity contribution >= 4 is 11.8 Å². The molecule has 0 radical (unpaired) electrons. The Morgan fingerprint density at radius 1 is 0.852 bits per heavy atom. The first-order valence-corrected chi connectivity index (χ1v) is 10.0. The minimum absolute atomic E-state index is 0.0628. The van der Waals surface area contributed by atoms with Gasteiger partial charge in [-0.3, -0.25) is 9.59 Å². The highest BCUT2D eigenvalue weighted by atomic mass is 16.2. The largest absolute Gasteiger partial charge is 0.342 e. The van der Waals surface area contributed by atoms with Gasteiger partial charge in [-0.25, -0.2) is 0 Å². The Bertz CT molecular complexity index is 901. The number of hydrogen-bond donors (Lipinski definition) is 0. The van der Waals surface area contributed by atoms with E-state index in [0.29, 0.717) is 12.1 Å². The number of fused-ring (bicyclic) bond motifs is 4. The Hall–Kier alpha value is -2.62. The summed E-state index contributed by atoms with van der Waals surface area (Å²) < 4.78 is 0. The van der Waals surface area contributed by atoms with Gasteiger partial charge in [-0.05, 0) is 48.4 Å². The van der Waals surface area contributed by atoms with E-state index in [1.54, 1.807) is 0 Å². The maximum absolute atomic E-state index is 13.7. The van der Waals surface area contributed by atoms with Gasteiger partial charge in [0.25, 0.3) is 5.91 Å². The second kappa shape index (κ2) is 6.52. The summed E-state index contributed by atoms with van der Waals surface area (Å²) in [6, 6.07) is 15.8. The number of hydrogen-bond acceptors (Lipinski definition) is 2. The fraction of sp³-hybridized carbons (Fsp3) is 0.391. The maximum Gasteiger partial charge on any atom is 0.254 e. The lowest BCUT2D eigenvalue weighted by Crippen LogP contribution is -2.51. The van der Waals surface area contributed by atoms with E-state index in [1.165, 1.54) is 12.0 Å². The van der Waals surface area contributed by atoms with Gasteiger partial charge in [-0.1, -0.05) is 42.5 Å². The quantitative estimate of drug-likeness (QED) is 0.780. The Morgan fingerprint density at radius 2 is 1.56 bits per heavy atom. The van der Waals surface area contributed by atoms with Gasteiger partial charge in [0, 0.05) is 25.2 Å². The second-order valence-electron chi connectivity index (χ2n) is 7.84. The van der Waals surface area contributed by atoms with Crippen molar-refractivity contribution in [2.75, 3.05) is 19.6 Å². The molecule has 2 aromatic carbocycles. The lowest BCUT2D eigenvalue weighted by molar-refractivity contribution is -0.135. The highest BCUT2D eigenvalue weighted by molar-refractivity contribution is 6.01. The van der Waals surface area contributed by atoms with Crippen LogP contribution in [0.2, 0.25) is 0 Å². The van der Waals surface area contributed by atoms with E-state index in [4.69, 9.17) is 0 Å². The molecule has 2 unspecified atom stereocenters. The maximum atomic E-state index is 13.7. The van der Waals surface area contributed by atoms with Crippen molar-refractivity contribution < 1.29 is 9.59 Å². The van der Waals surface area contributed by atoms with Gasteiger partial charge >= 0.3 is 0 Å². The summed E-state index contributed by atoms with van der Waals surface area (Å²) in [6.07, 6.45) is 4.20. The summed E-state index contributed by atoms with van der Waals surface area (Å²) in [6.45, 7) is 2.35. The van der Waals surface area contributed by atoms with Crippen LogP contribution in [0.25, 0.3) is 0 Å². The molecule has 27 heavy (non-hydrogen) atoms. The number of nitrogens with zero attached hydrogens (tertiary/aromatic N) is 2. The minimum Gasteiger partial charge on any atom is -0.342 e. The van der Waals surface area contributed by atoms with E-state index in [-0.39, 0.29) is 23.8 Å². The first-order valence-electron chi connectivity index (χ1n) is 10.0. The number of amides is 2. The van der Waals surface area contributed by atoms with Crippen LogP contribution in [0.4, 0.5) is 0 Å². The summed E-state index contributed by atoms with van der Waals surface area (Å²) in [5, 5.41) is 0. The minimum atomic E-state index is -0.307. The molecule has 1 fully saturated rings. The van der Waals surface area contributed by atoms with Crippen molar-refractivity contribution in [2.24, 2.45) is 0 Å². The van der Waals surface area contributed by atoms with Gasteiger partial charge in [0.1, 0.15) is 0 Å².